The van der Waals surface area contributed by atoms with Crippen molar-refractivity contribution in [3.63, 3.8) is 0 Å². The van der Waals surface area contributed by atoms with Crippen molar-refractivity contribution in [2.75, 3.05) is 118 Å². The van der Waals surface area contributed by atoms with Gasteiger partial charge >= 0.3 is 0 Å². The number of nitrogens with zero attached hydrogens (tertiary/aromatic N) is 2. The van der Waals surface area contributed by atoms with Crippen LogP contribution in [0.15, 0.2) is 0 Å². The van der Waals surface area contributed by atoms with Gasteiger partial charge in [0.25, 0.3) is 0 Å². The highest BCUT2D eigenvalue weighted by Crippen LogP contribution is 1.96. The van der Waals surface area contributed by atoms with Crippen LogP contribution in [0.3, 0.4) is 0 Å². The van der Waals surface area contributed by atoms with E-state index >= 15 is 0 Å². The zero-order valence-electron chi connectivity index (χ0n) is 19.9. The third-order valence-electron chi connectivity index (χ3n) is 5.94. The number of aliphatic hydroxyl groups is 2. The van der Waals surface area contributed by atoms with Gasteiger partial charge in [-0.1, -0.05) is 0 Å². The fourth-order valence-electron chi connectivity index (χ4n) is 3.89. The lowest BCUT2D eigenvalue weighted by atomic mass is 10.3. The van der Waals surface area contributed by atoms with Crippen molar-refractivity contribution in [1.82, 2.24) is 31.1 Å². The molecule has 0 saturated carbocycles. The van der Waals surface area contributed by atoms with E-state index in [0.717, 1.165) is 91.4 Å². The van der Waals surface area contributed by atoms with E-state index in [1.807, 2.05) is 0 Å². The van der Waals surface area contributed by atoms with E-state index < -0.39 is 6.10 Å². The Kier molecular flexibility index (Phi) is 16.5. The Labute approximate surface area is 194 Å². The molecule has 2 aliphatic rings. The minimum atomic E-state index is -0.466. The van der Waals surface area contributed by atoms with Crippen LogP contribution < -0.4 is 21.3 Å². The van der Waals surface area contributed by atoms with Gasteiger partial charge in [-0.15, -0.1) is 0 Å². The summed E-state index contributed by atoms with van der Waals surface area (Å²) in [4.78, 5) is 4.86. The molecule has 6 N–H and O–H groups in total. The first-order valence-corrected chi connectivity index (χ1v) is 12.5. The summed E-state index contributed by atoms with van der Waals surface area (Å²) in [5, 5.41) is 32.9. The average molecular weight is 461 g/mol. The van der Waals surface area contributed by atoms with Crippen molar-refractivity contribution in [3.8, 4) is 0 Å². The zero-order valence-corrected chi connectivity index (χ0v) is 19.9. The molecule has 2 heterocycles. The molecule has 2 unspecified atom stereocenters. The van der Waals surface area contributed by atoms with Gasteiger partial charge in [-0.2, -0.15) is 0 Å². The van der Waals surface area contributed by atoms with Crippen molar-refractivity contribution in [3.05, 3.63) is 0 Å². The largest absolute Gasteiger partial charge is 0.395 e. The van der Waals surface area contributed by atoms with Crippen LogP contribution in [0.5, 0.6) is 0 Å². The monoisotopic (exact) mass is 460 g/mol. The maximum absolute atomic E-state index is 10.00. The van der Waals surface area contributed by atoms with Crippen LogP contribution in [-0.2, 0) is 9.47 Å². The highest BCUT2D eigenvalue weighted by molar-refractivity contribution is 4.71. The Morgan fingerprint density at radius 2 is 1.38 bits per heavy atom. The Morgan fingerprint density at radius 1 is 0.812 bits per heavy atom. The summed E-state index contributed by atoms with van der Waals surface area (Å²) in [6.45, 7) is 15.3. The first kappa shape index (κ1) is 27.8. The predicted octanol–water partition coefficient (Wildman–Crippen LogP) is -2.49. The molecule has 2 saturated heterocycles. The van der Waals surface area contributed by atoms with Crippen LogP contribution in [0, 0.1) is 0 Å². The topological polar surface area (TPSA) is 114 Å². The second-order valence-electron chi connectivity index (χ2n) is 8.73. The van der Waals surface area contributed by atoms with Gasteiger partial charge in [-0.3, -0.25) is 9.80 Å². The van der Waals surface area contributed by atoms with Crippen LogP contribution >= 0.6 is 0 Å². The molecule has 2 fully saturated rings. The number of piperazine rings is 2. The predicted molar refractivity (Wildman–Crippen MR) is 127 cm³/mol. The highest BCUT2D eigenvalue weighted by atomic mass is 16.5. The summed E-state index contributed by atoms with van der Waals surface area (Å²) < 4.78 is 11.3. The molecular formula is C22H48N6O4. The van der Waals surface area contributed by atoms with E-state index in [-0.39, 0.29) is 12.6 Å². The lowest BCUT2D eigenvalue weighted by molar-refractivity contribution is 0.0307. The molecule has 0 spiro atoms. The number of unbranched alkanes of at least 4 members (excludes halogenated alkanes) is 1. The average Bonchev–Trinajstić information content (AvgIpc) is 2.83. The van der Waals surface area contributed by atoms with Crippen LogP contribution in [0.2, 0.25) is 0 Å². The van der Waals surface area contributed by atoms with Gasteiger partial charge < -0.3 is 41.0 Å². The number of ether oxygens (including phenoxy) is 2. The van der Waals surface area contributed by atoms with Crippen molar-refractivity contribution in [2.45, 2.75) is 25.0 Å². The van der Waals surface area contributed by atoms with Gasteiger partial charge in [0.2, 0.25) is 0 Å². The number of hydrogen-bond acceptors (Lipinski definition) is 10. The maximum Gasteiger partial charge on any atom is 0.0897 e. The molecule has 0 aliphatic carbocycles. The van der Waals surface area contributed by atoms with Crippen molar-refractivity contribution >= 4 is 0 Å². The maximum atomic E-state index is 10.00. The molecule has 2 rings (SSSR count). The molecule has 0 aromatic heterocycles. The fraction of sp³-hybridized carbons (Fsp3) is 1.00. The van der Waals surface area contributed by atoms with Gasteiger partial charge in [-0.25, -0.2) is 0 Å². The molecule has 190 valence electrons. The Balaban J connectivity index is 1.32. The van der Waals surface area contributed by atoms with Gasteiger partial charge in [0.1, 0.15) is 0 Å². The molecule has 10 nitrogen and oxygen atoms in total. The summed E-state index contributed by atoms with van der Waals surface area (Å²) >= 11 is 0. The van der Waals surface area contributed by atoms with Crippen molar-refractivity contribution < 1.29 is 19.7 Å². The molecule has 0 radical (unpaired) electrons. The lowest BCUT2D eigenvalue weighted by Gasteiger charge is -2.28. The number of hydrogen-bond donors (Lipinski definition) is 6. The molecular weight excluding hydrogens is 412 g/mol. The summed E-state index contributed by atoms with van der Waals surface area (Å²) in [6.07, 6.45) is 1.35. The van der Waals surface area contributed by atoms with E-state index in [1.54, 1.807) is 0 Å². The molecule has 2 atom stereocenters. The van der Waals surface area contributed by atoms with E-state index in [2.05, 4.69) is 31.1 Å². The van der Waals surface area contributed by atoms with Gasteiger partial charge in [0, 0.05) is 98.3 Å². The highest BCUT2D eigenvalue weighted by Gasteiger charge is 2.11. The van der Waals surface area contributed by atoms with Crippen molar-refractivity contribution in [2.24, 2.45) is 0 Å². The smallest absolute Gasteiger partial charge is 0.0897 e. The molecule has 2 aliphatic heterocycles. The first-order valence-electron chi connectivity index (χ1n) is 12.5. The number of aliphatic hydroxyl groups excluding tert-OH is 2. The molecule has 0 bridgehead atoms. The molecule has 0 aromatic carbocycles. The summed E-state index contributed by atoms with van der Waals surface area (Å²) in [7, 11) is 0. The van der Waals surface area contributed by atoms with E-state index in [1.165, 1.54) is 0 Å². The molecule has 10 heteroatoms. The van der Waals surface area contributed by atoms with E-state index in [0.29, 0.717) is 33.0 Å². The third kappa shape index (κ3) is 14.0. The summed E-state index contributed by atoms with van der Waals surface area (Å²) in [6, 6.07) is -0.0107. The molecule has 0 amide bonds. The van der Waals surface area contributed by atoms with Crippen LogP contribution in [0.25, 0.3) is 0 Å². The van der Waals surface area contributed by atoms with Crippen LogP contribution in [0.1, 0.15) is 12.8 Å². The summed E-state index contributed by atoms with van der Waals surface area (Å²) in [5.41, 5.74) is 0. The molecule has 0 aromatic rings. The Morgan fingerprint density at radius 3 is 1.97 bits per heavy atom. The van der Waals surface area contributed by atoms with Crippen molar-refractivity contribution in [1.29, 1.82) is 0 Å². The second kappa shape index (κ2) is 19.0. The van der Waals surface area contributed by atoms with Gasteiger partial charge in [0.05, 0.1) is 32.0 Å². The van der Waals surface area contributed by atoms with Gasteiger partial charge in [0.15, 0.2) is 0 Å². The number of rotatable bonds is 19. The Bertz CT molecular complexity index is 425. The Hall–Kier alpha value is -0.400. The SMILES string of the molecule is OCC(COCCCCOCC(O)CNCCN1CCNCC1)NCCN1CCNCC1. The van der Waals surface area contributed by atoms with E-state index in [4.69, 9.17) is 9.47 Å². The van der Waals surface area contributed by atoms with E-state index in [9.17, 15) is 10.2 Å². The minimum Gasteiger partial charge on any atom is -0.395 e. The third-order valence-corrected chi connectivity index (χ3v) is 5.94. The lowest BCUT2D eigenvalue weighted by Crippen LogP contribution is -2.47. The van der Waals surface area contributed by atoms with Gasteiger partial charge in [-0.05, 0) is 12.8 Å². The summed E-state index contributed by atoms with van der Waals surface area (Å²) in [5.74, 6) is 0. The standard InChI is InChI=1S/C22H48N6O4/c29-18-21(26-8-14-28-11-5-24-6-12-28)19-31-15-1-2-16-32-20-22(30)17-25-7-13-27-9-3-23-4-10-27/h21-26,29-30H,1-20H2. The normalized spacial score (nSPS) is 20.4. The second-order valence-corrected chi connectivity index (χ2v) is 8.73. The first-order chi connectivity index (χ1) is 15.8. The molecule has 32 heavy (non-hydrogen) atoms. The fourth-order valence-corrected chi connectivity index (χ4v) is 3.89. The number of nitrogens with one attached hydrogen (secondary N) is 4. The quantitative estimate of drug-likeness (QED) is 0.116. The van der Waals surface area contributed by atoms with Crippen LogP contribution in [0.4, 0.5) is 0 Å². The zero-order chi connectivity index (χ0) is 22.7. The minimum absolute atomic E-state index is 0.0107. The van der Waals surface area contributed by atoms with Crippen LogP contribution in [-0.4, -0.2) is 150 Å².